The van der Waals surface area contributed by atoms with Crippen molar-refractivity contribution in [3.05, 3.63) is 14.9 Å². The molecule has 2 heterocycles. The Kier molecular flexibility index (Phi) is 12.3. The predicted octanol–water partition coefficient (Wildman–Crippen LogP) is 5.45. The Bertz CT molecular complexity index is 191. The Morgan fingerprint density at radius 1 is 0.632 bits per heavy atom. The van der Waals surface area contributed by atoms with Crippen molar-refractivity contribution in [2.45, 2.75) is 76.0 Å². The molecule has 19 heavy (non-hydrogen) atoms. The van der Waals surface area contributed by atoms with E-state index in [1.165, 1.54) is 0 Å². The van der Waals surface area contributed by atoms with Crippen LogP contribution in [0.3, 0.4) is 0 Å². The maximum absolute atomic E-state index is 2.54. The van der Waals surface area contributed by atoms with E-state index in [1.807, 2.05) is 0 Å². The molecule has 0 spiro atoms. The largest absolute Gasteiger partial charge is 2.00 e. The third-order valence-corrected chi connectivity index (χ3v) is 13.7. The van der Waals surface area contributed by atoms with Crippen molar-refractivity contribution in [3.63, 3.8) is 0 Å². The Morgan fingerprint density at radius 2 is 0.842 bits per heavy atom. The van der Waals surface area contributed by atoms with Gasteiger partial charge in [-0.1, -0.05) is 0 Å². The van der Waals surface area contributed by atoms with Crippen molar-refractivity contribution in [2.24, 2.45) is 0 Å². The summed E-state index contributed by atoms with van der Waals surface area (Å²) in [6, 6.07) is 0. The maximum atomic E-state index is 2.54. The average Bonchev–Trinajstić information content (AvgIpc) is 2.72. The zero-order valence-electron chi connectivity index (χ0n) is 13.9. The smallest absolute Gasteiger partial charge is 0.358 e. The number of hydrogen-bond acceptors (Lipinski definition) is 0. The standard InChI is InChI=1S/C14H28P2.2CH3.Rh/c1-11-5-6-12(2)15(11)9-10-16-13(3)7-8-14(16)4;;;/h11-14H,5-10H2,1-4H3;2*1H3;/q;2*-1;+2/p+2/t11-,12-,13-,14-;;;/m1.../s1. The molecule has 2 aliphatic rings. The first-order valence-electron chi connectivity index (χ1n) is 7.30. The summed E-state index contributed by atoms with van der Waals surface area (Å²) in [4.78, 5) is 0. The summed E-state index contributed by atoms with van der Waals surface area (Å²) < 4.78 is 0. The zero-order chi connectivity index (χ0) is 11.7. The van der Waals surface area contributed by atoms with Crippen LogP contribution in [0.25, 0.3) is 0 Å². The summed E-state index contributed by atoms with van der Waals surface area (Å²) in [5.74, 6) is 0. The normalized spacial score (nSPS) is 35.4. The average molecular weight is 393 g/mol. The van der Waals surface area contributed by atoms with Crippen molar-refractivity contribution in [2.75, 3.05) is 12.3 Å². The van der Waals surface area contributed by atoms with Crippen LogP contribution in [0.2, 0.25) is 0 Å². The van der Waals surface area contributed by atoms with Gasteiger partial charge in [0.25, 0.3) is 0 Å². The van der Waals surface area contributed by atoms with E-state index in [1.54, 1.807) is 38.0 Å². The fourth-order valence-electron chi connectivity index (χ4n) is 3.99. The molecular formula is C16H36P2Rh+2. The van der Waals surface area contributed by atoms with Gasteiger partial charge in [-0.25, -0.2) is 0 Å². The van der Waals surface area contributed by atoms with Gasteiger partial charge in [0, 0.05) is 15.8 Å². The van der Waals surface area contributed by atoms with Gasteiger partial charge in [-0.2, -0.15) is 0 Å². The van der Waals surface area contributed by atoms with Gasteiger partial charge in [-0.3, -0.25) is 0 Å². The summed E-state index contributed by atoms with van der Waals surface area (Å²) in [5, 5.41) is 0. The van der Waals surface area contributed by atoms with E-state index in [4.69, 9.17) is 0 Å². The van der Waals surface area contributed by atoms with Crippen molar-refractivity contribution < 1.29 is 19.5 Å². The molecule has 2 fully saturated rings. The molecule has 2 aliphatic heterocycles. The van der Waals surface area contributed by atoms with Crippen LogP contribution < -0.4 is 0 Å². The molecule has 0 amide bonds. The molecule has 0 aromatic carbocycles. The van der Waals surface area contributed by atoms with E-state index in [0.29, 0.717) is 0 Å². The van der Waals surface area contributed by atoms with Gasteiger partial charge in [0.05, 0.1) is 35.0 Å². The molecule has 117 valence electrons. The quantitative estimate of drug-likeness (QED) is 0.340. The molecule has 2 saturated heterocycles. The first-order valence-corrected chi connectivity index (χ1v) is 11.0. The monoisotopic (exact) mass is 393 g/mol. The van der Waals surface area contributed by atoms with E-state index in [-0.39, 0.29) is 50.2 Å². The molecule has 0 aliphatic carbocycles. The summed E-state index contributed by atoms with van der Waals surface area (Å²) in [5.41, 5.74) is 4.48. The van der Waals surface area contributed by atoms with Crippen LogP contribution in [0.15, 0.2) is 0 Å². The second kappa shape index (κ2) is 10.2. The van der Waals surface area contributed by atoms with Crippen molar-refractivity contribution in [1.29, 1.82) is 0 Å². The molecule has 0 aromatic rings. The van der Waals surface area contributed by atoms with Crippen LogP contribution in [-0.2, 0) is 19.5 Å². The maximum Gasteiger partial charge on any atom is 2.00 e. The van der Waals surface area contributed by atoms with E-state index in [2.05, 4.69) is 27.7 Å². The molecule has 3 heteroatoms. The van der Waals surface area contributed by atoms with Crippen LogP contribution in [0.5, 0.6) is 0 Å². The molecular weight excluding hydrogens is 357 g/mol. The molecule has 0 unspecified atom stereocenters. The first-order chi connectivity index (χ1) is 7.59. The van der Waals surface area contributed by atoms with E-state index in [9.17, 15) is 0 Å². The van der Waals surface area contributed by atoms with Crippen LogP contribution in [-0.4, -0.2) is 35.0 Å². The van der Waals surface area contributed by atoms with E-state index in [0.717, 1.165) is 22.6 Å². The summed E-state index contributed by atoms with van der Waals surface area (Å²) >= 11 is 0. The van der Waals surface area contributed by atoms with E-state index < -0.39 is 0 Å². The Balaban J connectivity index is 0. The third kappa shape index (κ3) is 5.64. The van der Waals surface area contributed by atoms with Gasteiger partial charge in [0.1, 0.15) is 0 Å². The minimum absolute atomic E-state index is 0. The van der Waals surface area contributed by atoms with Crippen LogP contribution in [0.4, 0.5) is 0 Å². The molecule has 1 radical (unpaired) electrons. The van der Waals surface area contributed by atoms with Crippen LogP contribution in [0, 0.1) is 14.9 Å². The summed E-state index contributed by atoms with van der Waals surface area (Å²) in [6.07, 6.45) is 9.50. The van der Waals surface area contributed by atoms with Gasteiger partial charge < -0.3 is 14.9 Å². The Hall–Kier alpha value is 1.48. The molecule has 0 saturated carbocycles. The molecule has 0 aromatic heterocycles. The fourth-order valence-corrected chi connectivity index (χ4v) is 12.4. The van der Waals surface area contributed by atoms with Gasteiger partial charge in [-0.15, -0.1) is 0 Å². The van der Waals surface area contributed by atoms with E-state index >= 15 is 0 Å². The van der Waals surface area contributed by atoms with Gasteiger partial charge >= 0.3 is 19.5 Å². The molecule has 4 atom stereocenters. The Labute approximate surface area is 138 Å². The number of hydrogen-bond donors (Lipinski definition) is 0. The Morgan fingerprint density at radius 3 is 1.05 bits per heavy atom. The summed E-state index contributed by atoms with van der Waals surface area (Å²) in [6.45, 7) is 10.2. The van der Waals surface area contributed by atoms with Crippen LogP contribution in [0.1, 0.15) is 53.4 Å². The molecule has 0 N–H and O–H groups in total. The second-order valence-electron chi connectivity index (χ2n) is 6.41. The van der Waals surface area contributed by atoms with Gasteiger partial charge in [0.15, 0.2) is 0 Å². The van der Waals surface area contributed by atoms with Gasteiger partial charge in [0.2, 0.25) is 0 Å². The van der Waals surface area contributed by atoms with Crippen molar-refractivity contribution in [1.82, 2.24) is 0 Å². The minimum Gasteiger partial charge on any atom is -0.358 e. The third-order valence-electron chi connectivity index (χ3n) is 5.30. The molecule has 2 rings (SSSR count). The fraction of sp³-hybridized carbons (Fsp3) is 0.875. The second-order valence-corrected chi connectivity index (χ2v) is 13.7. The predicted molar refractivity (Wildman–Crippen MR) is 95.5 cm³/mol. The van der Waals surface area contributed by atoms with Crippen molar-refractivity contribution in [3.8, 4) is 0 Å². The molecule has 0 bridgehead atoms. The first kappa shape index (κ1) is 22.8. The van der Waals surface area contributed by atoms with Gasteiger partial charge in [-0.05, 0) is 53.4 Å². The zero-order valence-corrected chi connectivity index (χ0v) is 17.5. The van der Waals surface area contributed by atoms with Crippen molar-refractivity contribution >= 4 is 15.8 Å². The topological polar surface area (TPSA) is 0 Å². The summed E-state index contributed by atoms with van der Waals surface area (Å²) in [7, 11) is 0.0490. The minimum atomic E-state index is 0. The number of rotatable bonds is 3. The SMILES string of the molecule is C[C@@H]1CC[C@@H](C)[PH+]1CC[PH+]1[C@H](C)CC[C@H]1C.[CH3-].[CH3-].[Rh+2]. The molecule has 0 nitrogen and oxygen atoms in total. The van der Waals surface area contributed by atoms with Crippen LogP contribution >= 0.6 is 15.8 Å².